The molecule has 1 aliphatic heterocycles. The van der Waals surface area contributed by atoms with E-state index in [2.05, 4.69) is 0 Å². The fourth-order valence-corrected chi connectivity index (χ4v) is 8.10. The van der Waals surface area contributed by atoms with Crippen LogP contribution in [0.15, 0.2) is 0 Å². The summed E-state index contributed by atoms with van der Waals surface area (Å²) in [5.41, 5.74) is 44.1. The molecule has 58 heavy (non-hydrogen) atoms. The molecular formula is C44H93F3N8O3. The molecule has 1 saturated heterocycles. The molecule has 8 rings (SSSR count). The van der Waals surface area contributed by atoms with Gasteiger partial charge in [0.05, 0.1) is 12.2 Å². The minimum absolute atomic E-state index is 0.102. The van der Waals surface area contributed by atoms with E-state index in [4.69, 9.17) is 60.4 Å². The maximum Gasteiger partial charge on any atom is 0.115 e. The molecule has 0 aromatic carbocycles. The number of aliphatic hydroxyl groups is 1. The van der Waals surface area contributed by atoms with Crippen LogP contribution in [0.4, 0.5) is 13.2 Å². The van der Waals surface area contributed by atoms with Gasteiger partial charge in [-0.05, 0) is 148 Å². The van der Waals surface area contributed by atoms with Crippen molar-refractivity contribution in [3.8, 4) is 0 Å². The number of hydrogen-bond acceptors (Lipinski definition) is 11. The lowest BCUT2D eigenvalue weighted by atomic mass is 9.94. The fourth-order valence-electron chi connectivity index (χ4n) is 8.10. The highest BCUT2D eigenvalue weighted by Gasteiger charge is 2.23. The zero-order chi connectivity index (χ0) is 43.1. The molecule has 0 aromatic heterocycles. The van der Waals surface area contributed by atoms with Crippen molar-refractivity contribution in [3.05, 3.63) is 0 Å². The minimum atomic E-state index is -0.708. The van der Waals surface area contributed by atoms with Gasteiger partial charge < -0.3 is 60.4 Å². The quantitative estimate of drug-likeness (QED) is 0.149. The van der Waals surface area contributed by atoms with Gasteiger partial charge in [-0.1, -0.05) is 32.1 Å². The molecular weight excluding hydrogens is 746 g/mol. The van der Waals surface area contributed by atoms with Gasteiger partial charge in [0.2, 0.25) is 0 Å². The van der Waals surface area contributed by atoms with E-state index >= 15 is 0 Å². The Kier molecular flexibility index (Phi) is 33.3. The topological polar surface area (TPSA) is 247 Å². The zero-order valence-corrected chi connectivity index (χ0v) is 36.7. The van der Waals surface area contributed by atoms with Crippen molar-refractivity contribution in [1.82, 2.24) is 0 Å². The van der Waals surface area contributed by atoms with Crippen molar-refractivity contribution in [3.63, 3.8) is 0 Å². The second kappa shape index (κ2) is 34.9. The van der Waals surface area contributed by atoms with Crippen molar-refractivity contribution in [2.75, 3.05) is 20.3 Å². The summed E-state index contributed by atoms with van der Waals surface area (Å²) in [4.78, 5) is 0. The Balaban J connectivity index is 0.000000332. The summed E-state index contributed by atoms with van der Waals surface area (Å²) >= 11 is 0. The number of halogens is 3. The molecule has 0 spiro atoms. The second-order valence-corrected chi connectivity index (χ2v) is 18.2. The molecule has 0 radical (unpaired) electrons. The number of hydrogen-bond donors (Lipinski definition) is 9. The fraction of sp³-hybridized carbons (Fsp3) is 1.00. The summed E-state index contributed by atoms with van der Waals surface area (Å²) in [7, 11) is 1.78. The molecule has 11 nitrogen and oxygen atoms in total. The van der Waals surface area contributed by atoms with Crippen LogP contribution in [0.25, 0.3) is 0 Å². The summed E-state index contributed by atoms with van der Waals surface area (Å²) in [5.74, 6) is 0. The molecule has 0 amide bonds. The van der Waals surface area contributed by atoms with Gasteiger partial charge in [0.15, 0.2) is 0 Å². The number of rotatable bonds is 1. The first-order chi connectivity index (χ1) is 27.7. The zero-order valence-electron chi connectivity index (χ0n) is 36.7. The summed E-state index contributed by atoms with van der Waals surface area (Å²) in [6, 6.07) is 2.48. The largest absolute Gasteiger partial charge is 0.393 e. The Morgan fingerprint density at radius 1 is 0.414 bits per heavy atom. The Morgan fingerprint density at radius 2 is 0.828 bits per heavy atom. The van der Waals surface area contributed by atoms with Gasteiger partial charge in [0.25, 0.3) is 0 Å². The smallest absolute Gasteiger partial charge is 0.115 e. The van der Waals surface area contributed by atoms with E-state index in [-0.39, 0.29) is 30.3 Å². The van der Waals surface area contributed by atoms with Crippen molar-refractivity contribution >= 4 is 0 Å². The summed E-state index contributed by atoms with van der Waals surface area (Å²) < 4.78 is 46.8. The van der Waals surface area contributed by atoms with Gasteiger partial charge in [-0.25, -0.2) is 13.2 Å². The van der Waals surface area contributed by atoms with Gasteiger partial charge in [0, 0.05) is 68.7 Å². The van der Waals surface area contributed by atoms with Gasteiger partial charge in [-0.2, -0.15) is 0 Å². The van der Waals surface area contributed by atoms with Crippen LogP contribution < -0.4 is 45.9 Å². The highest BCUT2D eigenvalue weighted by atomic mass is 19.1. The lowest BCUT2D eigenvalue weighted by molar-refractivity contribution is 0.0664. The lowest BCUT2D eigenvalue weighted by Crippen LogP contribution is -2.29. The molecule has 6 atom stereocenters. The third-order valence-corrected chi connectivity index (χ3v) is 12.4. The Morgan fingerprint density at radius 3 is 1.07 bits per heavy atom. The third-order valence-electron chi connectivity index (χ3n) is 12.4. The van der Waals surface area contributed by atoms with E-state index < -0.39 is 18.5 Å². The molecule has 7 saturated carbocycles. The first kappa shape index (κ1) is 55.4. The van der Waals surface area contributed by atoms with E-state index in [0.29, 0.717) is 62.4 Å². The highest BCUT2D eigenvalue weighted by molar-refractivity contribution is 4.79. The van der Waals surface area contributed by atoms with Crippen molar-refractivity contribution in [2.24, 2.45) is 45.9 Å². The predicted octanol–water partition coefficient (Wildman–Crippen LogP) is 5.95. The minimum Gasteiger partial charge on any atom is -0.393 e. The first-order valence-corrected chi connectivity index (χ1v) is 23.4. The van der Waals surface area contributed by atoms with Crippen LogP contribution in [0.3, 0.4) is 0 Å². The van der Waals surface area contributed by atoms with Crippen LogP contribution in [-0.2, 0) is 9.47 Å². The molecule has 8 fully saturated rings. The first-order valence-electron chi connectivity index (χ1n) is 23.4. The number of ether oxygens (including phenoxy) is 2. The molecule has 8 aliphatic rings. The summed E-state index contributed by atoms with van der Waals surface area (Å²) in [6.07, 6.45) is 27.6. The van der Waals surface area contributed by atoms with E-state index in [1.54, 1.807) is 7.11 Å². The van der Waals surface area contributed by atoms with Crippen LogP contribution in [0.5, 0.6) is 0 Å². The Bertz CT molecular complexity index is 829. The number of aliphatic hydroxyl groups excluding tert-OH is 1. The van der Waals surface area contributed by atoms with Crippen molar-refractivity contribution < 1.29 is 27.8 Å². The van der Waals surface area contributed by atoms with Crippen LogP contribution in [0.1, 0.15) is 180 Å². The number of alkyl halides is 3. The summed E-state index contributed by atoms with van der Waals surface area (Å²) in [5, 5.41) is 8.82. The van der Waals surface area contributed by atoms with Crippen LogP contribution in [0, 0.1) is 0 Å². The average molecular weight is 839 g/mol. The van der Waals surface area contributed by atoms with Gasteiger partial charge in [-0.3, -0.25) is 0 Å². The molecule has 0 aromatic rings. The van der Waals surface area contributed by atoms with E-state index in [1.165, 1.54) is 57.8 Å². The average Bonchev–Trinajstić information content (AvgIpc) is 4.03. The van der Waals surface area contributed by atoms with Gasteiger partial charge in [0.1, 0.15) is 18.5 Å². The SMILES string of the molecule is COC1CCC(N)CC1.NC1CCC(F)CC1.NC1CCCC1.NC1CCCCC1.NC1CCOCC1.N[C@H]1CCC[C@H]1F.N[C@H]1CC[C@@H](F)C1.N[C@H]1CC[C@@H](O)C1. The molecule has 0 bridgehead atoms. The van der Waals surface area contributed by atoms with E-state index in [9.17, 15) is 13.2 Å². The van der Waals surface area contributed by atoms with Gasteiger partial charge in [-0.15, -0.1) is 0 Å². The highest BCUT2D eigenvalue weighted by Crippen LogP contribution is 2.22. The summed E-state index contributed by atoms with van der Waals surface area (Å²) in [6.45, 7) is 1.72. The van der Waals surface area contributed by atoms with Crippen LogP contribution in [-0.4, -0.2) is 104 Å². The predicted molar refractivity (Wildman–Crippen MR) is 235 cm³/mol. The molecule has 17 N–H and O–H groups in total. The molecule has 348 valence electrons. The number of methoxy groups -OCH3 is 1. The van der Waals surface area contributed by atoms with Gasteiger partial charge >= 0.3 is 0 Å². The van der Waals surface area contributed by atoms with E-state index in [1.807, 2.05) is 0 Å². The van der Waals surface area contributed by atoms with Crippen molar-refractivity contribution in [1.29, 1.82) is 0 Å². The third kappa shape index (κ3) is 31.2. The molecule has 1 heterocycles. The Hall–Kier alpha value is -0.650. The maximum absolute atomic E-state index is 12.3. The van der Waals surface area contributed by atoms with Crippen LogP contribution >= 0.6 is 0 Å². The number of nitrogens with two attached hydrogens (primary N) is 8. The second-order valence-electron chi connectivity index (χ2n) is 18.2. The normalized spacial score (nSPS) is 35.1. The molecule has 14 heteroatoms. The Labute approximate surface area is 352 Å². The monoisotopic (exact) mass is 839 g/mol. The maximum atomic E-state index is 12.3. The lowest BCUT2D eigenvalue weighted by Gasteiger charge is -2.24. The van der Waals surface area contributed by atoms with Crippen LogP contribution in [0.2, 0.25) is 0 Å². The molecule has 7 aliphatic carbocycles. The molecule has 0 unspecified atom stereocenters. The van der Waals surface area contributed by atoms with E-state index in [0.717, 1.165) is 103 Å². The standard InChI is InChI=1S/C7H15NO.C6H12FN.C6H13N.2C5H10FN.2C5H11NO.C5H11N/c1-9-7-4-2-6(8)3-5-7;7-5-1-3-6(8)4-2-5;7-6-4-2-1-3-5-6;6-4-1-2-5(7)3-4;6-4-2-1-3-5(4)7;6-5-1-3-7-4-2-5;6-4-1-2-5(7)3-4;6-5-3-1-2-4-5/h6-7H,2-5,8H2,1H3;5-6H,1-4,8H2;6H,1-5,7H2;2*4-5H,1-3,7H2;5H,1-4,6H2;4-5,7H,1-3,6H2;5H,1-4,6H2/t;;;2*4-,5+;;4-,5+;/m...11.0./s1. The van der Waals surface area contributed by atoms with Crippen molar-refractivity contribution in [2.45, 2.75) is 259 Å².